The Morgan fingerprint density at radius 2 is 1.90 bits per heavy atom. The van der Waals surface area contributed by atoms with Gasteiger partial charge in [-0.2, -0.15) is 0 Å². The first-order valence-electron chi connectivity index (χ1n) is 13.6. The van der Waals surface area contributed by atoms with Crippen molar-refractivity contribution in [1.82, 2.24) is 9.88 Å². The molecule has 200 valence electrons. The van der Waals surface area contributed by atoms with E-state index in [1.54, 1.807) is 18.3 Å². The molecule has 0 bridgehead atoms. The number of aromatic hydroxyl groups is 1. The molecule has 3 aromatic carbocycles. The van der Waals surface area contributed by atoms with E-state index in [-0.39, 0.29) is 11.9 Å². The predicted molar refractivity (Wildman–Crippen MR) is 153 cm³/mol. The van der Waals surface area contributed by atoms with Crippen LogP contribution in [0.2, 0.25) is 0 Å². The Labute approximate surface area is 229 Å². The molecule has 1 saturated heterocycles. The smallest absolute Gasteiger partial charge is 0.181 e. The fraction of sp³-hybridized carbons (Fsp3) is 0.303. The molecule has 1 N–H and O–H groups in total. The van der Waals surface area contributed by atoms with Gasteiger partial charge in [0.1, 0.15) is 30.0 Å². The molecule has 0 radical (unpaired) electrons. The molecule has 3 atom stereocenters. The van der Waals surface area contributed by atoms with E-state index in [1.165, 1.54) is 12.8 Å². The highest BCUT2D eigenvalue weighted by Gasteiger charge is 2.30. The highest BCUT2D eigenvalue weighted by molar-refractivity contribution is 5.96. The monoisotopic (exact) mass is 522 g/mol. The van der Waals surface area contributed by atoms with Gasteiger partial charge in [-0.3, -0.25) is 4.90 Å². The minimum Gasteiger partial charge on any atom is -0.508 e. The van der Waals surface area contributed by atoms with Crippen molar-refractivity contribution in [2.75, 3.05) is 19.7 Å². The maximum absolute atomic E-state index is 10.2. The van der Waals surface area contributed by atoms with E-state index in [4.69, 9.17) is 13.9 Å². The first-order chi connectivity index (χ1) is 19.0. The van der Waals surface area contributed by atoms with Gasteiger partial charge in [0.05, 0.1) is 6.20 Å². The van der Waals surface area contributed by atoms with Crippen molar-refractivity contribution in [1.29, 1.82) is 0 Å². The lowest BCUT2D eigenvalue weighted by Gasteiger charge is -2.31. The van der Waals surface area contributed by atoms with Crippen molar-refractivity contribution in [3.05, 3.63) is 96.0 Å². The Balaban J connectivity index is 1.30. The summed E-state index contributed by atoms with van der Waals surface area (Å²) in [6, 6.07) is 22.1. The number of hydrogen-bond donors (Lipinski definition) is 1. The Morgan fingerprint density at radius 3 is 2.64 bits per heavy atom. The van der Waals surface area contributed by atoms with Gasteiger partial charge in [-0.1, -0.05) is 37.3 Å². The fourth-order valence-electron chi connectivity index (χ4n) is 5.67. The molecule has 1 fully saturated rings. The van der Waals surface area contributed by atoms with Crippen molar-refractivity contribution in [2.24, 2.45) is 5.92 Å². The highest BCUT2D eigenvalue weighted by atomic mass is 16.5. The summed E-state index contributed by atoms with van der Waals surface area (Å²) in [6.45, 7) is 9.60. The van der Waals surface area contributed by atoms with E-state index in [1.807, 2.05) is 30.3 Å². The van der Waals surface area contributed by atoms with Crippen LogP contribution >= 0.6 is 0 Å². The summed E-state index contributed by atoms with van der Waals surface area (Å²) >= 11 is 0. The molecule has 6 rings (SSSR count). The molecule has 2 aliphatic rings. The molecule has 0 spiro atoms. The van der Waals surface area contributed by atoms with Gasteiger partial charge in [-0.15, -0.1) is 0 Å². The van der Waals surface area contributed by atoms with Gasteiger partial charge < -0.3 is 19.0 Å². The lowest BCUT2D eigenvalue weighted by Crippen LogP contribution is -2.35. The summed E-state index contributed by atoms with van der Waals surface area (Å²) in [5.41, 5.74) is 5.98. The van der Waals surface area contributed by atoms with Crippen molar-refractivity contribution < 1.29 is 19.0 Å². The lowest BCUT2D eigenvalue weighted by atomic mass is 9.85. The standard InChI is InChI=1S/C33H34N2O4/c1-21-13-14-35(18-21)22(2)19-37-28-10-7-24(8-11-28)33-32(23(3)29-16-27(36)9-12-30(29)39-33)26-6-4-5-25(15-26)31-17-34-20-38-31/h4-12,15-17,20-22,33,36H,13-14,18-19H2,1-3H3/t21-,22+,33?/m1/s1. The SMILES string of the molecule is CC1=C(c2cccc(-c3cnco3)c2)C(c2ccc(OC[C@H](C)N3CC[C@@H](C)C3)cc2)Oc2ccc(O)cc21. The molecule has 0 amide bonds. The minimum atomic E-state index is -0.328. The van der Waals surface area contributed by atoms with Crippen LogP contribution in [0.4, 0.5) is 0 Å². The van der Waals surface area contributed by atoms with E-state index < -0.39 is 0 Å². The molecule has 2 aliphatic heterocycles. The first kappa shape index (κ1) is 25.3. The van der Waals surface area contributed by atoms with Crippen LogP contribution in [0.15, 0.2) is 83.7 Å². The van der Waals surface area contributed by atoms with Gasteiger partial charge in [0.2, 0.25) is 0 Å². The molecule has 6 nitrogen and oxygen atoms in total. The minimum absolute atomic E-state index is 0.212. The summed E-state index contributed by atoms with van der Waals surface area (Å²) in [5.74, 6) is 3.29. The number of nitrogens with zero attached hydrogens (tertiary/aromatic N) is 2. The van der Waals surface area contributed by atoms with Gasteiger partial charge in [0.25, 0.3) is 0 Å². The first-order valence-corrected chi connectivity index (χ1v) is 13.6. The maximum atomic E-state index is 10.2. The zero-order valence-electron chi connectivity index (χ0n) is 22.6. The predicted octanol–water partition coefficient (Wildman–Crippen LogP) is 7.22. The average Bonchev–Trinajstić information content (AvgIpc) is 3.65. The zero-order chi connectivity index (χ0) is 26.9. The Hall–Kier alpha value is -4.03. The molecule has 3 heterocycles. The lowest BCUT2D eigenvalue weighted by molar-refractivity contribution is 0.169. The third-order valence-corrected chi connectivity index (χ3v) is 7.92. The number of hydrogen-bond acceptors (Lipinski definition) is 6. The van der Waals surface area contributed by atoms with Crippen LogP contribution < -0.4 is 9.47 Å². The van der Waals surface area contributed by atoms with E-state index >= 15 is 0 Å². The second kappa shape index (κ2) is 10.6. The molecule has 0 saturated carbocycles. The van der Waals surface area contributed by atoms with Crippen LogP contribution in [-0.4, -0.2) is 40.7 Å². The summed E-state index contributed by atoms with van der Waals surface area (Å²) in [7, 11) is 0. The van der Waals surface area contributed by atoms with Crippen LogP contribution in [0, 0.1) is 5.92 Å². The maximum Gasteiger partial charge on any atom is 0.181 e. The molecule has 1 unspecified atom stereocenters. The van der Waals surface area contributed by atoms with Gasteiger partial charge in [0.15, 0.2) is 12.2 Å². The molecule has 39 heavy (non-hydrogen) atoms. The number of phenolic OH excluding ortho intramolecular Hbond substituents is 1. The second-order valence-corrected chi connectivity index (χ2v) is 10.8. The van der Waals surface area contributed by atoms with Crippen molar-refractivity contribution in [2.45, 2.75) is 39.3 Å². The zero-order valence-corrected chi connectivity index (χ0v) is 22.6. The quantitative estimate of drug-likeness (QED) is 0.276. The topological polar surface area (TPSA) is 68.0 Å². The summed E-state index contributed by atoms with van der Waals surface area (Å²) < 4.78 is 18.3. The fourth-order valence-corrected chi connectivity index (χ4v) is 5.67. The number of phenols is 1. The Kier molecular flexibility index (Phi) is 6.88. The van der Waals surface area contributed by atoms with Crippen LogP contribution in [0.1, 0.15) is 50.0 Å². The highest BCUT2D eigenvalue weighted by Crippen LogP contribution is 2.47. The van der Waals surface area contributed by atoms with Crippen molar-refractivity contribution >= 4 is 11.1 Å². The molecular formula is C33H34N2O4. The number of aromatic nitrogens is 1. The van der Waals surface area contributed by atoms with Crippen LogP contribution in [0.3, 0.4) is 0 Å². The van der Waals surface area contributed by atoms with Gasteiger partial charge in [-0.05, 0) is 85.8 Å². The summed E-state index contributed by atoms with van der Waals surface area (Å²) in [5, 5.41) is 10.2. The number of fused-ring (bicyclic) bond motifs is 1. The third kappa shape index (κ3) is 5.17. The number of allylic oxidation sites excluding steroid dienone is 1. The summed E-state index contributed by atoms with van der Waals surface area (Å²) in [6.07, 6.45) is 4.09. The van der Waals surface area contributed by atoms with E-state index in [0.29, 0.717) is 18.4 Å². The number of benzene rings is 3. The largest absolute Gasteiger partial charge is 0.508 e. The van der Waals surface area contributed by atoms with Crippen LogP contribution in [0.25, 0.3) is 22.5 Å². The number of rotatable bonds is 7. The van der Waals surface area contributed by atoms with Crippen LogP contribution in [-0.2, 0) is 0 Å². The number of oxazole rings is 1. The number of likely N-dealkylation sites (tertiary alicyclic amines) is 1. The summed E-state index contributed by atoms with van der Waals surface area (Å²) in [4.78, 5) is 6.58. The third-order valence-electron chi connectivity index (χ3n) is 7.92. The Morgan fingerprint density at radius 1 is 1.08 bits per heavy atom. The molecule has 1 aromatic heterocycles. The van der Waals surface area contributed by atoms with Gasteiger partial charge in [-0.25, -0.2) is 4.98 Å². The van der Waals surface area contributed by atoms with Crippen LogP contribution in [0.5, 0.6) is 17.2 Å². The average molecular weight is 523 g/mol. The van der Waals surface area contributed by atoms with Crippen molar-refractivity contribution in [3.63, 3.8) is 0 Å². The molecule has 6 heteroatoms. The van der Waals surface area contributed by atoms with E-state index in [0.717, 1.165) is 63.9 Å². The molecular weight excluding hydrogens is 488 g/mol. The molecule has 0 aliphatic carbocycles. The Bertz CT molecular complexity index is 1480. The van der Waals surface area contributed by atoms with E-state index in [2.05, 4.69) is 54.9 Å². The van der Waals surface area contributed by atoms with E-state index in [9.17, 15) is 5.11 Å². The van der Waals surface area contributed by atoms with Crippen molar-refractivity contribution in [3.8, 4) is 28.6 Å². The normalized spacial score (nSPS) is 20.0. The number of ether oxygens (including phenoxy) is 2. The van der Waals surface area contributed by atoms with Gasteiger partial charge >= 0.3 is 0 Å². The van der Waals surface area contributed by atoms with Gasteiger partial charge in [0, 0.05) is 29.3 Å². The molecule has 4 aromatic rings. The second-order valence-electron chi connectivity index (χ2n) is 10.8.